The third kappa shape index (κ3) is 5.07. The van der Waals surface area contributed by atoms with Gasteiger partial charge in [-0.05, 0) is 24.1 Å². The summed E-state index contributed by atoms with van der Waals surface area (Å²) in [7, 11) is 0. The molecular weight excluding hydrogens is 247 g/mol. The molecule has 0 aliphatic carbocycles. The van der Waals surface area contributed by atoms with Crippen LogP contribution in [0.4, 0.5) is 10.1 Å². The summed E-state index contributed by atoms with van der Waals surface area (Å²) < 4.78 is 13.0. The van der Waals surface area contributed by atoms with Gasteiger partial charge in [-0.15, -0.1) is 0 Å². The zero-order valence-corrected chi connectivity index (χ0v) is 11.2. The first-order valence-corrected chi connectivity index (χ1v) is 6.25. The molecule has 0 fully saturated rings. The van der Waals surface area contributed by atoms with E-state index in [4.69, 9.17) is 5.73 Å². The van der Waals surface area contributed by atoms with Crippen molar-refractivity contribution in [1.29, 1.82) is 0 Å². The highest BCUT2D eigenvalue weighted by molar-refractivity contribution is 5.98. The molecule has 19 heavy (non-hydrogen) atoms. The van der Waals surface area contributed by atoms with Gasteiger partial charge in [0.25, 0.3) is 0 Å². The van der Waals surface area contributed by atoms with E-state index in [0.717, 1.165) is 6.07 Å². The number of Topliss-reactive ketones (excluding diaryl/α,β-unsaturated/α-hetero) is 1. The summed E-state index contributed by atoms with van der Waals surface area (Å²) >= 11 is 0. The summed E-state index contributed by atoms with van der Waals surface area (Å²) in [5, 5.41) is 2.73. The van der Waals surface area contributed by atoms with Crippen LogP contribution in [0.3, 0.4) is 0 Å². The van der Waals surface area contributed by atoms with Crippen molar-refractivity contribution >= 4 is 17.4 Å². The van der Waals surface area contributed by atoms with Crippen molar-refractivity contribution in [2.45, 2.75) is 26.7 Å². The fourth-order valence-electron chi connectivity index (χ4n) is 1.49. The van der Waals surface area contributed by atoms with E-state index in [9.17, 15) is 14.0 Å². The lowest BCUT2D eigenvalue weighted by atomic mass is 10.1. The van der Waals surface area contributed by atoms with Crippen molar-refractivity contribution in [3.05, 3.63) is 29.6 Å². The van der Waals surface area contributed by atoms with Crippen molar-refractivity contribution in [2.75, 3.05) is 12.3 Å². The highest BCUT2D eigenvalue weighted by Gasteiger charge is 2.11. The Kier molecular flexibility index (Phi) is 5.48. The number of ketones is 1. The number of hydrogen-bond acceptors (Lipinski definition) is 3. The number of rotatable bonds is 6. The molecule has 1 amide bonds. The molecule has 104 valence electrons. The van der Waals surface area contributed by atoms with Gasteiger partial charge in [-0.3, -0.25) is 9.59 Å². The van der Waals surface area contributed by atoms with Crippen LogP contribution in [0.1, 0.15) is 37.0 Å². The highest BCUT2D eigenvalue weighted by Crippen LogP contribution is 2.14. The number of amides is 1. The fraction of sp³-hybridized carbons (Fsp3) is 0.429. The minimum Gasteiger partial charge on any atom is -0.396 e. The molecule has 1 rings (SSSR count). The van der Waals surface area contributed by atoms with Crippen LogP contribution in [-0.2, 0) is 4.79 Å². The Hall–Kier alpha value is -1.91. The molecule has 0 spiro atoms. The summed E-state index contributed by atoms with van der Waals surface area (Å²) in [6.07, 6.45) is 0.220. The molecule has 0 saturated heterocycles. The summed E-state index contributed by atoms with van der Waals surface area (Å²) in [5.74, 6) is -0.550. The average molecular weight is 266 g/mol. The number of carbonyl (C=O) groups is 2. The zero-order valence-electron chi connectivity index (χ0n) is 11.2. The van der Waals surface area contributed by atoms with Crippen LogP contribution in [0.15, 0.2) is 18.2 Å². The minimum atomic E-state index is -0.550. The van der Waals surface area contributed by atoms with Crippen LogP contribution in [0, 0.1) is 11.7 Å². The van der Waals surface area contributed by atoms with E-state index in [1.807, 2.05) is 13.8 Å². The predicted molar refractivity (Wildman–Crippen MR) is 72.2 cm³/mol. The average Bonchev–Trinajstić information content (AvgIpc) is 2.36. The van der Waals surface area contributed by atoms with E-state index < -0.39 is 5.82 Å². The van der Waals surface area contributed by atoms with Gasteiger partial charge >= 0.3 is 0 Å². The van der Waals surface area contributed by atoms with Gasteiger partial charge in [-0.25, -0.2) is 4.39 Å². The second kappa shape index (κ2) is 6.87. The Bertz CT molecular complexity index is 473. The quantitative estimate of drug-likeness (QED) is 0.612. The van der Waals surface area contributed by atoms with E-state index >= 15 is 0 Å². The lowest BCUT2D eigenvalue weighted by Crippen LogP contribution is -2.27. The van der Waals surface area contributed by atoms with Gasteiger partial charge in [-0.1, -0.05) is 13.8 Å². The molecule has 1 aromatic carbocycles. The molecule has 5 heteroatoms. The van der Waals surface area contributed by atoms with E-state index in [-0.39, 0.29) is 30.2 Å². The number of nitrogen functional groups attached to an aromatic ring is 1. The van der Waals surface area contributed by atoms with E-state index in [2.05, 4.69) is 5.32 Å². The van der Waals surface area contributed by atoms with Crippen LogP contribution in [-0.4, -0.2) is 18.2 Å². The zero-order chi connectivity index (χ0) is 14.4. The van der Waals surface area contributed by atoms with Crippen LogP contribution in [0.25, 0.3) is 0 Å². The third-order valence-corrected chi connectivity index (χ3v) is 2.60. The molecule has 3 N–H and O–H groups in total. The van der Waals surface area contributed by atoms with Gasteiger partial charge < -0.3 is 11.1 Å². The number of carbonyl (C=O) groups excluding carboxylic acids is 2. The van der Waals surface area contributed by atoms with Crippen LogP contribution < -0.4 is 11.1 Å². The SMILES string of the molecule is CC(C)CNC(=O)CCC(=O)c1ccc(F)c(N)c1. The first-order chi connectivity index (χ1) is 8.90. The van der Waals surface area contributed by atoms with Gasteiger partial charge in [0.15, 0.2) is 5.78 Å². The molecular formula is C14H19FN2O2. The van der Waals surface area contributed by atoms with Crippen LogP contribution in [0.5, 0.6) is 0 Å². The maximum absolute atomic E-state index is 13.0. The second-order valence-electron chi connectivity index (χ2n) is 4.86. The van der Waals surface area contributed by atoms with Crippen molar-refractivity contribution in [1.82, 2.24) is 5.32 Å². The summed E-state index contributed by atoms with van der Waals surface area (Å²) in [6.45, 7) is 4.58. The number of nitrogens with one attached hydrogen (secondary N) is 1. The molecule has 0 saturated carbocycles. The van der Waals surface area contributed by atoms with Gasteiger partial charge in [0.1, 0.15) is 5.82 Å². The maximum Gasteiger partial charge on any atom is 0.220 e. The van der Waals surface area contributed by atoms with Crippen molar-refractivity contribution in [3.63, 3.8) is 0 Å². The molecule has 0 unspecified atom stereocenters. The predicted octanol–water partition coefficient (Wildman–Crippen LogP) is 2.14. The number of halogens is 1. The number of benzene rings is 1. The van der Waals surface area contributed by atoms with Gasteiger partial charge in [0.2, 0.25) is 5.91 Å². The Morgan fingerprint density at radius 2 is 2.00 bits per heavy atom. The maximum atomic E-state index is 13.0. The molecule has 1 aromatic rings. The lowest BCUT2D eigenvalue weighted by molar-refractivity contribution is -0.121. The molecule has 4 nitrogen and oxygen atoms in total. The van der Waals surface area contributed by atoms with E-state index in [0.29, 0.717) is 18.0 Å². The Labute approximate surface area is 112 Å². The third-order valence-electron chi connectivity index (χ3n) is 2.60. The summed E-state index contributed by atoms with van der Waals surface area (Å²) in [5.41, 5.74) is 5.66. The summed E-state index contributed by atoms with van der Waals surface area (Å²) in [4.78, 5) is 23.2. The molecule has 0 radical (unpaired) electrons. The number of anilines is 1. The van der Waals surface area contributed by atoms with E-state index in [1.54, 1.807) is 0 Å². The van der Waals surface area contributed by atoms with Gasteiger partial charge in [0.05, 0.1) is 5.69 Å². The Morgan fingerprint density at radius 1 is 1.32 bits per heavy atom. The van der Waals surface area contributed by atoms with Gasteiger partial charge in [0, 0.05) is 24.9 Å². The first-order valence-electron chi connectivity index (χ1n) is 6.25. The second-order valence-corrected chi connectivity index (χ2v) is 4.86. The van der Waals surface area contributed by atoms with Crippen molar-refractivity contribution in [2.24, 2.45) is 5.92 Å². The molecule has 0 bridgehead atoms. The molecule has 0 atom stereocenters. The molecule has 0 aliphatic rings. The van der Waals surface area contributed by atoms with Crippen LogP contribution >= 0.6 is 0 Å². The molecule has 0 heterocycles. The molecule has 0 aromatic heterocycles. The van der Waals surface area contributed by atoms with E-state index in [1.165, 1.54) is 12.1 Å². The van der Waals surface area contributed by atoms with Crippen molar-refractivity contribution in [3.8, 4) is 0 Å². The fourth-order valence-corrected chi connectivity index (χ4v) is 1.49. The number of hydrogen-bond donors (Lipinski definition) is 2. The minimum absolute atomic E-state index is 0.0601. The molecule has 0 aliphatic heterocycles. The summed E-state index contributed by atoms with van der Waals surface area (Å²) in [6, 6.07) is 3.82. The lowest BCUT2D eigenvalue weighted by Gasteiger charge is -2.07. The number of nitrogens with two attached hydrogens (primary N) is 1. The van der Waals surface area contributed by atoms with Crippen LogP contribution in [0.2, 0.25) is 0 Å². The topological polar surface area (TPSA) is 72.2 Å². The normalized spacial score (nSPS) is 10.5. The van der Waals surface area contributed by atoms with Crippen molar-refractivity contribution < 1.29 is 14.0 Å². The van der Waals surface area contributed by atoms with Gasteiger partial charge in [-0.2, -0.15) is 0 Å². The Balaban J connectivity index is 2.47. The monoisotopic (exact) mass is 266 g/mol. The smallest absolute Gasteiger partial charge is 0.220 e. The first kappa shape index (κ1) is 15.1. The highest BCUT2D eigenvalue weighted by atomic mass is 19.1. The standard InChI is InChI=1S/C14H19FN2O2/c1-9(2)8-17-14(19)6-5-13(18)10-3-4-11(15)12(16)7-10/h3-4,7,9H,5-6,8,16H2,1-2H3,(H,17,19). The largest absolute Gasteiger partial charge is 0.396 e. The Morgan fingerprint density at radius 3 is 2.58 bits per heavy atom.